The van der Waals surface area contributed by atoms with Gasteiger partial charge in [0.05, 0.1) is 35.6 Å². The van der Waals surface area contributed by atoms with Crippen molar-refractivity contribution >= 4 is 44.5 Å². The third-order valence-electron chi connectivity index (χ3n) is 4.19. The number of ether oxygens (including phenoxy) is 2. The molecule has 2 aromatic carbocycles. The van der Waals surface area contributed by atoms with Crippen LogP contribution in [0.25, 0.3) is 22.3 Å². The second kappa shape index (κ2) is 8.86. The van der Waals surface area contributed by atoms with Crippen molar-refractivity contribution in [1.82, 2.24) is 5.32 Å². The molecular formula is C20H17BrClNO6. The number of benzene rings is 2. The van der Waals surface area contributed by atoms with Crippen LogP contribution in [-0.4, -0.2) is 31.8 Å². The fourth-order valence-corrected chi connectivity index (χ4v) is 3.74. The Hall–Kier alpha value is -2.55. The van der Waals surface area contributed by atoms with Gasteiger partial charge in [-0.1, -0.05) is 11.6 Å². The predicted molar refractivity (Wildman–Crippen MR) is 113 cm³/mol. The van der Waals surface area contributed by atoms with Gasteiger partial charge in [-0.25, -0.2) is 0 Å². The normalized spacial score (nSPS) is 10.9. The second-order valence-electron chi connectivity index (χ2n) is 6.09. The van der Waals surface area contributed by atoms with E-state index >= 15 is 0 Å². The molecule has 9 heteroatoms. The Morgan fingerprint density at radius 2 is 2.00 bits per heavy atom. The summed E-state index contributed by atoms with van der Waals surface area (Å²) in [6.45, 7) is 0.0865. The minimum absolute atomic E-state index is 0.0429. The first-order valence-corrected chi connectivity index (χ1v) is 9.62. The zero-order valence-electron chi connectivity index (χ0n) is 15.5. The average Bonchev–Trinajstić information content (AvgIpc) is 2.68. The van der Waals surface area contributed by atoms with Crippen molar-refractivity contribution in [2.24, 2.45) is 0 Å². The number of fused-ring (bicyclic) bond motifs is 1. The molecule has 7 nitrogen and oxygen atoms in total. The highest BCUT2D eigenvalue weighted by Crippen LogP contribution is 2.37. The Morgan fingerprint density at radius 3 is 2.62 bits per heavy atom. The quantitative estimate of drug-likeness (QED) is 0.524. The molecule has 0 saturated carbocycles. The van der Waals surface area contributed by atoms with Crippen LogP contribution >= 0.6 is 27.5 Å². The maximum atomic E-state index is 13.1. The van der Waals surface area contributed by atoms with Crippen molar-refractivity contribution in [3.05, 3.63) is 55.6 Å². The summed E-state index contributed by atoms with van der Waals surface area (Å²) in [5.41, 5.74) is 1.28. The molecular weight excluding hydrogens is 466 g/mol. The van der Waals surface area contributed by atoms with Gasteiger partial charge in [0.25, 0.3) is 0 Å². The van der Waals surface area contributed by atoms with Gasteiger partial charge < -0.3 is 24.3 Å². The second-order valence-corrected chi connectivity index (χ2v) is 7.36. The van der Waals surface area contributed by atoms with Gasteiger partial charge in [-0.05, 0) is 51.8 Å². The van der Waals surface area contributed by atoms with E-state index in [1.165, 1.54) is 14.2 Å². The molecule has 1 heterocycles. The molecule has 152 valence electrons. The third kappa shape index (κ3) is 4.39. The molecule has 0 amide bonds. The van der Waals surface area contributed by atoms with E-state index in [2.05, 4.69) is 21.2 Å². The molecule has 0 aliphatic carbocycles. The standard InChI is InChI=1S/C20H17BrClNO6/c1-27-15-4-3-11(7-14(15)22)18-20(28-2)17(26)12-5-10(8-23-9-16(24)25)6-13(21)19(12)29-18/h3-7,23H,8-9H2,1-2H3,(H,24,25). The summed E-state index contributed by atoms with van der Waals surface area (Å²) in [5.74, 6) is -0.181. The summed E-state index contributed by atoms with van der Waals surface area (Å²) in [6, 6.07) is 8.43. The number of hydrogen-bond acceptors (Lipinski definition) is 6. The van der Waals surface area contributed by atoms with Gasteiger partial charge in [0, 0.05) is 12.1 Å². The molecule has 0 spiro atoms. The van der Waals surface area contributed by atoms with Gasteiger partial charge in [-0.3, -0.25) is 9.59 Å². The van der Waals surface area contributed by atoms with Crippen LogP contribution in [0.15, 0.2) is 44.0 Å². The highest BCUT2D eigenvalue weighted by Gasteiger charge is 2.20. The van der Waals surface area contributed by atoms with Gasteiger partial charge in [-0.15, -0.1) is 0 Å². The number of nitrogens with one attached hydrogen (secondary N) is 1. The number of rotatable bonds is 7. The third-order valence-corrected chi connectivity index (χ3v) is 5.07. The van der Waals surface area contributed by atoms with Crippen molar-refractivity contribution in [2.75, 3.05) is 20.8 Å². The number of carboxylic acids is 1. The monoisotopic (exact) mass is 481 g/mol. The summed E-state index contributed by atoms with van der Waals surface area (Å²) >= 11 is 9.64. The fraction of sp³-hybridized carbons (Fsp3) is 0.200. The predicted octanol–water partition coefficient (Wildman–Crippen LogP) is 4.07. The number of hydrogen-bond donors (Lipinski definition) is 2. The summed E-state index contributed by atoms with van der Waals surface area (Å²) in [4.78, 5) is 23.7. The smallest absolute Gasteiger partial charge is 0.317 e. The molecule has 0 fully saturated rings. The minimum Gasteiger partial charge on any atom is -0.495 e. The Kier molecular flexibility index (Phi) is 6.46. The Labute approximate surface area is 179 Å². The lowest BCUT2D eigenvalue weighted by Crippen LogP contribution is -2.22. The van der Waals surface area contributed by atoms with Crippen molar-refractivity contribution in [3.63, 3.8) is 0 Å². The number of carboxylic acid groups (broad SMARTS) is 1. The molecule has 0 aliphatic rings. The van der Waals surface area contributed by atoms with E-state index in [9.17, 15) is 9.59 Å². The highest BCUT2D eigenvalue weighted by atomic mass is 79.9. The Balaban J connectivity index is 2.14. The first kappa shape index (κ1) is 21.2. The topological polar surface area (TPSA) is 98.0 Å². The molecule has 0 saturated heterocycles. The lowest BCUT2D eigenvalue weighted by atomic mass is 10.1. The molecule has 1 aromatic heterocycles. The molecule has 0 unspecified atom stereocenters. The first-order valence-electron chi connectivity index (χ1n) is 8.45. The number of aliphatic carboxylic acids is 1. The van der Waals surface area contributed by atoms with Crippen molar-refractivity contribution in [3.8, 4) is 22.8 Å². The molecule has 0 atom stereocenters. The molecule has 0 radical (unpaired) electrons. The van der Waals surface area contributed by atoms with Gasteiger partial charge >= 0.3 is 5.97 Å². The maximum Gasteiger partial charge on any atom is 0.317 e. The van der Waals surface area contributed by atoms with Crippen molar-refractivity contribution in [2.45, 2.75) is 6.54 Å². The average molecular weight is 483 g/mol. The van der Waals surface area contributed by atoms with E-state index in [0.717, 1.165) is 5.56 Å². The fourth-order valence-electron chi connectivity index (χ4n) is 2.89. The molecule has 3 aromatic rings. The number of carbonyl (C=O) groups is 1. The van der Waals surface area contributed by atoms with Gasteiger partial charge in [0.15, 0.2) is 11.3 Å². The van der Waals surface area contributed by atoms with E-state index in [4.69, 9.17) is 30.6 Å². The van der Waals surface area contributed by atoms with Crippen LogP contribution in [0.3, 0.4) is 0 Å². The summed E-state index contributed by atoms with van der Waals surface area (Å²) in [6.07, 6.45) is 0. The van der Waals surface area contributed by atoms with Crippen molar-refractivity contribution < 1.29 is 23.8 Å². The molecule has 0 bridgehead atoms. The summed E-state index contributed by atoms with van der Waals surface area (Å²) in [7, 11) is 2.90. The van der Waals surface area contributed by atoms with Crippen LogP contribution in [-0.2, 0) is 11.3 Å². The molecule has 0 aliphatic heterocycles. The van der Waals surface area contributed by atoms with E-state index in [0.29, 0.717) is 31.8 Å². The van der Waals surface area contributed by atoms with E-state index in [1.54, 1.807) is 30.3 Å². The van der Waals surface area contributed by atoms with Crippen LogP contribution in [0.2, 0.25) is 5.02 Å². The Morgan fingerprint density at radius 1 is 1.24 bits per heavy atom. The van der Waals surface area contributed by atoms with Gasteiger partial charge in [-0.2, -0.15) is 0 Å². The van der Waals surface area contributed by atoms with Crippen LogP contribution < -0.4 is 20.2 Å². The van der Waals surface area contributed by atoms with E-state index in [1.807, 2.05) is 0 Å². The van der Waals surface area contributed by atoms with Crippen LogP contribution in [0.4, 0.5) is 0 Å². The first-order chi connectivity index (χ1) is 13.8. The van der Waals surface area contributed by atoms with Crippen molar-refractivity contribution in [1.29, 1.82) is 0 Å². The van der Waals surface area contributed by atoms with E-state index in [-0.39, 0.29) is 30.0 Å². The lowest BCUT2D eigenvalue weighted by molar-refractivity contribution is -0.135. The van der Waals surface area contributed by atoms with Gasteiger partial charge in [0.2, 0.25) is 11.2 Å². The van der Waals surface area contributed by atoms with E-state index < -0.39 is 5.97 Å². The molecule has 3 rings (SSSR count). The maximum absolute atomic E-state index is 13.1. The Bertz CT molecular complexity index is 1140. The zero-order valence-corrected chi connectivity index (χ0v) is 17.9. The largest absolute Gasteiger partial charge is 0.495 e. The van der Waals surface area contributed by atoms with Gasteiger partial charge in [0.1, 0.15) is 5.75 Å². The zero-order chi connectivity index (χ0) is 21.1. The van der Waals surface area contributed by atoms with Crippen LogP contribution in [0.5, 0.6) is 11.5 Å². The molecule has 29 heavy (non-hydrogen) atoms. The minimum atomic E-state index is -0.964. The number of halogens is 2. The molecule has 2 N–H and O–H groups in total. The number of methoxy groups -OCH3 is 2. The SMILES string of the molecule is COc1ccc(-c2oc3c(Br)cc(CNCC(=O)O)cc3c(=O)c2OC)cc1Cl. The van der Waals surface area contributed by atoms with Crippen LogP contribution in [0, 0.1) is 0 Å². The summed E-state index contributed by atoms with van der Waals surface area (Å²) < 4.78 is 17.1. The highest BCUT2D eigenvalue weighted by molar-refractivity contribution is 9.10. The van der Waals surface area contributed by atoms with Crippen LogP contribution in [0.1, 0.15) is 5.56 Å². The summed E-state index contributed by atoms with van der Waals surface area (Å²) in [5, 5.41) is 12.2. The lowest BCUT2D eigenvalue weighted by Gasteiger charge is -2.12.